The van der Waals surface area contributed by atoms with Crippen molar-refractivity contribution < 1.29 is 24.1 Å². The summed E-state index contributed by atoms with van der Waals surface area (Å²) in [6, 6.07) is 0. The molecule has 1 saturated heterocycles. The van der Waals surface area contributed by atoms with Crippen LogP contribution in [0.25, 0.3) is 0 Å². The molecule has 0 aromatic rings. The first-order valence-corrected chi connectivity index (χ1v) is 6.00. The maximum Gasteiger partial charge on any atom is 0.311 e. The van der Waals surface area contributed by atoms with Crippen molar-refractivity contribution in [3.8, 4) is 0 Å². The first-order valence-electron chi connectivity index (χ1n) is 6.00. The van der Waals surface area contributed by atoms with E-state index in [1.54, 1.807) is 0 Å². The number of esters is 1. The second-order valence-electron chi connectivity index (χ2n) is 4.98. The highest BCUT2D eigenvalue weighted by atomic mass is 16.6. The van der Waals surface area contributed by atoms with Crippen LogP contribution >= 0.6 is 0 Å². The number of aliphatic hydroxyl groups excluding tert-OH is 1. The van der Waals surface area contributed by atoms with E-state index in [0.29, 0.717) is 13.0 Å². The van der Waals surface area contributed by atoms with Gasteiger partial charge in [0.05, 0.1) is 25.2 Å². The van der Waals surface area contributed by atoms with Crippen LogP contribution in [0.15, 0.2) is 0 Å². The molecule has 1 aliphatic rings. The molecule has 2 unspecified atom stereocenters. The number of rotatable bonds is 8. The number of hydrogen-bond acceptors (Lipinski definition) is 5. The van der Waals surface area contributed by atoms with Crippen LogP contribution in [0.5, 0.6) is 0 Å². The number of hydrogen-bond donors (Lipinski definition) is 1. The zero-order valence-corrected chi connectivity index (χ0v) is 10.8. The smallest absolute Gasteiger partial charge is 0.311 e. The fourth-order valence-electron chi connectivity index (χ4n) is 1.06. The van der Waals surface area contributed by atoms with Gasteiger partial charge in [0.2, 0.25) is 0 Å². The molecular formula is C12H22O5. The lowest BCUT2D eigenvalue weighted by Gasteiger charge is -2.21. The third-order valence-electron chi connectivity index (χ3n) is 2.86. The third-order valence-corrected chi connectivity index (χ3v) is 2.86. The van der Waals surface area contributed by atoms with Gasteiger partial charge in [-0.1, -0.05) is 6.92 Å². The molecule has 0 bridgehead atoms. The summed E-state index contributed by atoms with van der Waals surface area (Å²) in [7, 11) is 0. The lowest BCUT2D eigenvalue weighted by molar-refractivity contribution is -0.158. The Bertz CT molecular complexity index is 247. The van der Waals surface area contributed by atoms with Crippen LogP contribution in [0.4, 0.5) is 0 Å². The predicted octanol–water partition coefficient (Wildman–Crippen LogP) is 0.742. The van der Waals surface area contributed by atoms with Gasteiger partial charge < -0.3 is 19.3 Å². The Labute approximate surface area is 102 Å². The van der Waals surface area contributed by atoms with Gasteiger partial charge in [-0.15, -0.1) is 0 Å². The van der Waals surface area contributed by atoms with Gasteiger partial charge in [-0.05, 0) is 20.3 Å². The summed E-state index contributed by atoms with van der Waals surface area (Å²) in [5.41, 5.74) is -0.498. The molecule has 17 heavy (non-hydrogen) atoms. The monoisotopic (exact) mass is 246 g/mol. The van der Waals surface area contributed by atoms with Crippen molar-refractivity contribution in [2.45, 2.75) is 39.4 Å². The van der Waals surface area contributed by atoms with E-state index < -0.39 is 11.5 Å². The molecule has 100 valence electrons. The highest BCUT2D eigenvalue weighted by Gasteiger charge is 2.28. The van der Waals surface area contributed by atoms with Gasteiger partial charge in [0.1, 0.15) is 18.8 Å². The highest BCUT2D eigenvalue weighted by Crippen LogP contribution is 2.21. The Morgan fingerprint density at radius 3 is 2.71 bits per heavy atom. The first kappa shape index (κ1) is 14.4. The molecule has 0 amide bonds. The van der Waals surface area contributed by atoms with E-state index in [4.69, 9.17) is 14.2 Å². The van der Waals surface area contributed by atoms with E-state index in [9.17, 15) is 9.90 Å². The van der Waals surface area contributed by atoms with Gasteiger partial charge in [-0.25, -0.2) is 0 Å². The number of carbonyl (C=O) groups is 1. The zero-order valence-electron chi connectivity index (χ0n) is 10.8. The minimum absolute atomic E-state index is 0.0201. The Morgan fingerprint density at radius 1 is 1.53 bits per heavy atom. The molecule has 0 aromatic carbocycles. The second-order valence-corrected chi connectivity index (χ2v) is 4.98. The van der Waals surface area contributed by atoms with E-state index in [0.717, 1.165) is 6.61 Å². The minimum Gasteiger partial charge on any atom is -0.462 e. The van der Waals surface area contributed by atoms with Crippen molar-refractivity contribution in [2.75, 3.05) is 26.4 Å². The largest absolute Gasteiger partial charge is 0.462 e. The van der Waals surface area contributed by atoms with Crippen molar-refractivity contribution in [1.82, 2.24) is 0 Å². The van der Waals surface area contributed by atoms with Crippen LogP contribution in [0.3, 0.4) is 0 Å². The first-order chi connectivity index (χ1) is 7.95. The average molecular weight is 246 g/mol. The Kier molecular flexibility index (Phi) is 5.36. The molecule has 2 atom stereocenters. The van der Waals surface area contributed by atoms with Crippen molar-refractivity contribution in [2.24, 2.45) is 5.41 Å². The topological polar surface area (TPSA) is 68.3 Å². The van der Waals surface area contributed by atoms with Crippen molar-refractivity contribution >= 4 is 5.97 Å². The van der Waals surface area contributed by atoms with E-state index >= 15 is 0 Å². The van der Waals surface area contributed by atoms with Gasteiger partial charge >= 0.3 is 5.97 Å². The van der Waals surface area contributed by atoms with E-state index in [1.165, 1.54) is 0 Å². The van der Waals surface area contributed by atoms with Crippen molar-refractivity contribution in [3.05, 3.63) is 0 Å². The fraction of sp³-hybridized carbons (Fsp3) is 0.917. The lowest BCUT2D eigenvalue weighted by Crippen LogP contribution is -2.31. The molecule has 0 spiro atoms. The standard InChI is InChI=1S/C12H22O5/c1-4-12(2,3)11(14)17-6-9(13)5-15-7-10-8-16-10/h9-10,13H,4-8H2,1-3H3. The molecule has 0 saturated carbocycles. The summed E-state index contributed by atoms with van der Waals surface area (Å²) in [6.07, 6.45) is 0.117. The number of carbonyl (C=O) groups excluding carboxylic acids is 1. The minimum atomic E-state index is -0.773. The van der Waals surface area contributed by atoms with Gasteiger partial charge in [-0.2, -0.15) is 0 Å². The van der Waals surface area contributed by atoms with E-state index in [-0.39, 0.29) is 25.3 Å². The SMILES string of the molecule is CCC(C)(C)C(=O)OCC(O)COCC1CO1. The van der Waals surface area contributed by atoms with Crippen LogP contribution in [-0.4, -0.2) is 49.7 Å². The molecule has 5 heteroatoms. The Morgan fingerprint density at radius 2 is 2.18 bits per heavy atom. The summed E-state index contributed by atoms with van der Waals surface area (Å²) < 4.78 is 15.2. The van der Waals surface area contributed by atoms with Crippen LogP contribution < -0.4 is 0 Å². The second kappa shape index (κ2) is 6.33. The third kappa shape index (κ3) is 5.48. The number of epoxide rings is 1. The van der Waals surface area contributed by atoms with Gasteiger partial charge in [0.15, 0.2) is 0 Å². The molecule has 0 radical (unpaired) electrons. The molecule has 1 aliphatic heterocycles. The van der Waals surface area contributed by atoms with Crippen LogP contribution in [0.1, 0.15) is 27.2 Å². The Hall–Kier alpha value is -0.650. The molecular weight excluding hydrogens is 224 g/mol. The van der Waals surface area contributed by atoms with Crippen LogP contribution in [0, 0.1) is 5.41 Å². The quantitative estimate of drug-likeness (QED) is 0.505. The number of ether oxygens (including phenoxy) is 3. The zero-order chi connectivity index (χ0) is 12.9. The average Bonchev–Trinajstić information content (AvgIpc) is 3.09. The van der Waals surface area contributed by atoms with Crippen molar-refractivity contribution in [3.63, 3.8) is 0 Å². The maximum absolute atomic E-state index is 11.6. The van der Waals surface area contributed by atoms with E-state index in [2.05, 4.69) is 0 Å². The lowest BCUT2D eigenvalue weighted by atomic mass is 9.91. The Balaban J connectivity index is 2.09. The molecule has 1 rings (SSSR count). The molecule has 5 nitrogen and oxygen atoms in total. The fourth-order valence-corrected chi connectivity index (χ4v) is 1.06. The molecule has 1 N–H and O–H groups in total. The summed E-state index contributed by atoms with van der Waals surface area (Å²) >= 11 is 0. The predicted molar refractivity (Wildman–Crippen MR) is 61.6 cm³/mol. The summed E-state index contributed by atoms with van der Waals surface area (Å²) in [5.74, 6) is -0.287. The van der Waals surface area contributed by atoms with Crippen LogP contribution in [0.2, 0.25) is 0 Å². The highest BCUT2D eigenvalue weighted by molar-refractivity contribution is 5.75. The van der Waals surface area contributed by atoms with Crippen LogP contribution in [-0.2, 0) is 19.0 Å². The molecule has 1 heterocycles. The normalized spacial score (nSPS) is 21.1. The molecule has 0 aromatic heterocycles. The number of aliphatic hydroxyl groups is 1. The van der Waals surface area contributed by atoms with Crippen molar-refractivity contribution in [1.29, 1.82) is 0 Å². The summed E-state index contributed by atoms with van der Waals surface area (Å²) in [4.78, 5) is 11.6. The molecule has 1 fully saturated rings. The van der Waals surface area contributed by atoms with E-state index in [1.807, 2.05) is 20.8 Å². The maximum atomic E-state index is 11.6. The van der Waals surface area contributed by atoms with Gasteiger partial charge in [0, 0.05) is 0 Å². The van der Waals surface area contributed by atoms with Gasteiger partial charge in [0.25, 0.3) is 0 Å². The summed E-state index contributed by atoms with van der Waals surface area (Å²) in [5, 5.41) is 9.53. The molecule has 0 aliphatic carbocycles. The summed E-state index contributed by atoms with van der Waals surface area (Å²) in [6.45, 7) is 6.94. The van der Waals surface area contributed by atoms with Gasteiger partial charge in [-0.3, -0.25) is 4.79 Å².